The van der Waals surface area contributed by atoms with Crippen LogP contribution in [-0.2, 0) is 9.53 Å². The Kier molecular flexibility index (Phi) is 5.26. The van der Waals surface area contributed by atoms with Gasteiger partial charge in [0.05, 0.1) is 0 Å². The molecular formula is C13H21F3N2O2. The number of hydrogen-bond donors (Lipinski definition) is 1. The quantitative estimate of drug-likeness (QED) is 0.808. The number of rotatable bonds is 6. The number of carbonyl (C=O) groups is 1. The Morgan fingerprint density at radius 2 is 1.85 bits per heavy atom. The van der Waals surface area contributed by atoms with E-state index < -0.39 is 19.4 Å². The number of likely N-dealkylation sites (tertiary alicyclic amines) is 1. The molecule has 0 bridgehead atoms. The summed E-state index contributed by atoms with van der Waals surface area (Å²) in [5.41, 5.74) is 0. The van der Waals surface area contributed by atoms with Crippen molar-refractivity contribution < 1.29 is 22.7 Å². The summed E-state index contributed by atoms with van der Waals surface area (Å²) in [5, 5.41) is 3.49. The Hall–Kier alpha value is -0.820. The summed E-state index contributed by atoms with van der Waals surface area (Å²) in [5.74, 6) is 0.473. The summed E-state index contributed by atoms with van der Waals surface area (Å²) in [6.45, 7) is 0.387. The molecule has 0 atom stereocenters. The van der Waals surface area contributed by atoms with Crippen molar-refractivity contribution in [2.45, 2.75) is 37.9 Å². The smallest absolute Gasteiger partial charge is 0.362 e. The molecule has 0 unspecified atom stereocenters. The number of nitrogens with one attached hydrogen (secondary N) is 1. The minimum Gasteiger partial charge on any atom is -0.362 e. The van der Waals surface area contributed by atoms with Crippen LogP contribution in [0.2, 0.25) is 0 Å². The van der Waals surface area contributed by atoms with E-state index in [0.717, 1.165) is 25.3 Å². The minimum atomic E-state index is -4.37. The van der Waals surface area contributed by atoms with Crippen LogP contribution in [0.3, 0.4) is 0 Å². The summed E-state index contributed by atoms with van der Waals surface area (Å²) < 4.78 is 40.1. The molecule has 1 saturated carbocycles. The third-order valence-electron chi connectivity index (χ3n) is 3.73. The number of hydrogen-bond acceptors (Lipinski definition) is 3. The molecule has 1 N–H and O–H groups in total. The lowest BCUT2D eigenvalue weighted by Crippen LogP contribution is -2.46. The number of nitrogens with zero attached hydrogens (tertiary/aromatic N) is 1. The third-order valence-corrected chi connectivity index (χ3v) is 3.73. The van der Waals surface area contributed by atoms with E-state index in [2.05, 4.69) is 10.1 Å². The van der Waals surface area contributed by atoms with Crippen LogP contribution >= 0.6 is 0 Å². The van der Waals surface area contributed by atoms with Gasteiger partial charge in [0.25, 0.3) is 0 Å². The molecule has 1 heterocycles. The van der Waals surface area contributed by atoms with Crippen LogP contribution in [0.15, 0.2) is 0 Å². The normalized spacial score (nSPS) is 21.2. The summed E-state index contributed by atoms with van der Waals surface area (Å²) in [7, 11) is 0. The molecule has 1 amide bonds. The standard InChI is InChI=1S/C13H21F3N2O2/c14-13(15,16)9-20-8-12(19)18-5-3-11(4-6-18)17-7-10-1-2-10/h10-11,17H,1-9H2. The number of halogens is 3. The molecular weight excluding hydrogens is 273 g/mol. The minimum absolute atomic E-state index is 0.352. The van der Waals surface area contributed by atoms with Crippen molar-refractivity contribution in [1.82, 2.24) is 10.2 Å². The first-order valence-corrected chi connectivity index (χ1v) is 7.10. The molecule has 1 saturated heterocycles. The molecule has 2 fully saturated rings. The maximum absolute atomic E-state index is 11.9. The maximum Gasteiger partial charge on any atom is 0.411 e. The average molecular weight is 294 g/mol. The van der Waals surface area contributed by atoms with Crippen LogP contribution < -0.4 is 5.32 Å². The van der Waals surface area contributed by atoms with E-state index in [1.807, 2.05) is 0 Å². The lowest BCUT2D eigenvalue weighted by molar-refractivity contribution is -0.178. The molecule has 116 valence electrons. The number of ether oxygens (including phenoxy) is 1. The Labute approximate surface area is 116 Å². The molecule has 1 aliphatic heterocycles. The summed E-state index contributed by atoms with van der Waals surface area (Å²) in [4.78, 5) is 13.3. The van der Waals surface area contributed by atoms with Crippen LogP contribution in [0.5, 0.6) is 0 Å². The lowest BCUT2D eigenvalue weighted by Gasteiger charge is -2.32. The van der Waals surface area contributed by atoms with Gasteiger partial charge in [-0.3, -0.25) is 4.79 Å². The van der Waals surface area contributed by atoms with Gasteiger partial charge in [-0.1, -0.05) is 0 Å². The Balaban J connectivity index is 1.58. The molecule has 0 aromatic heterocycles. The van der Waals surface area contributed by atoms with E-state index in [1.165, 1.54) is 12.8 Å². The Morgan fingerprint density at radius 1 is 1.20 bits per heavy atom. The van der Waals surface area contributed by atoms with Crippen molar-refractivity contribution in [2.75, 3.05) is 32.8 Å². The molecule has 7 heteroatoms. The Bertz CT molecular complexity index is 324. The third kappa shape index (κ3) is 5.66. The van der Waals surface area contributed by atoms with Crippen LogP contribution in [-0.4, -0.2) is 55.9 Å². The molecule has 0 spiro atoms. The molecule has 0 aromatic rings. The second kappa shape index (κ2) is 6.76. The molecule has 0 aromatic carbocycles. The van der Waals surface area contributed by atoms with Gasteiger partial charge in [-0.2, -0.15) is 13.2 Å². The van der Waals surface area contributed by atoms with Gasteiger partial charge >= 0.3 is 6.18 Å². The number of amides is 1. The first-order chi connectivity index (χ1) is 9.44. The molecule has 1 aliphatic carbocycles. The molecule has 20 heavy (non-hydrogen) atoms. The van der Waals surface area contributed by atoms with E-state index in [-0.39, 0.29) is 5.91 Å². The van der Waals surface area contributed by atoms with E-state index >= 15 is 0 Å². The van der Waals surface area contributed by atoms with Gasteiger partial charge in [0.15, 0.2) is 0 Å². The monoisotopic (exact) mass is 294 g/mol. The van der Waals surface area contributed by atoms with Gasteiger partial charge in [-0.25, -0.2) is 0 Å². The fourth-order valence-electron chi connectivity index (χ4n) is 2.33. The van der Waals surface area contributed by atoms with Gasteiger partial charge in [-0.15, -0.1) is 0 Å². The van der Waals surface area contributed by atoms with Gasteiger partial charge in [0.1, 0.15) is 13.2 Å². The first-order valence-electron chi connectivity index (χ1n) is 7.10. The highest BCUT2D eigenvalue weighted by molar-refractivity contribution is 5.77. The topological polar surface area (TPSA) is 41.6 Å². The summed E-state index contributed by atoms with van der Waals surface area (Å²) in [6, 6.07) is 0.427. The van der Waals surface area contributed by atoms with Crippen LogP contribution in [0.4, 0.5) is 13.2 Å². The van der Waals surface area contributed by atoms with Gasteiger partial charge in [0, 0.05) is 19.1 Å². The van der Waals surface area contributed by atoms with Crippen molar-refractivity contribution in [3.63, 3.8) is 0 Å². The zero-order valence-electron chi connectivity index (χ0n) is 11.4. The first kappa shape index (κ1) is 15.6. The van der Waals surface area contributed by atoms with Crippen molar-refractivity contribution in [2.24, 2.45) is 5.92 Å². The zero-order chi connectivity index (χ0) is 14.6. The highest BCUT2D eigenvalue weighted by Gasteiger charge is 2.29. The average Bonchev–Trinajstić information content (AvgIpc) is 3.19. The van der Waals surface area contributed by atoms with Crippen molar-refractivity contribution in [3.05, 3.63) is 0 Å². The molecule has 4 nitrogen and oxygen atoms in total. The van der Waals surface area contributed by atoms with Gasteiger partial charge < -0.3 is 15.0 Å². The maximum atomic E-state index is 11.9. The van der Waals surface area contributed by atoms with E-state index in [0.29, 0.717) is 19.1 Å². The zero-order valence-corrected chi connectivity index (χ0v) is 11.4. The van der Waals surface area contributed by atoms with Crippen molar-refractivity contribution >= 4 is 5.91 Å². The van der Waals surface area contributed by atoms with Crippen molar-refractivity contribution in [3.8, 4) is 0 Å². The van der Waals surface area contributed by atoms with Crippen LogP contribution in [0, 0.1) is 5.92 Å². The van der Waals surface area contributed by atoms with Crippen LogP contribution in [0.25, 0.3) is 0 Å². The Morgan fingerprint density at radius 3 is 2.40 bits per heavy atom. The predicted octanol–water partition coefficient (Wildman–Crippen LogP) is 1.56. The fraction of sp³-hybridized carbons (Fsp3) is 0.923. The van der Waals surface area contributed by atoms with E-state index in [9.17, 15) is 18.0 Å². The van der Waals surface area contributed by atoms with Crippen LogP contribution in [0.1, 0.15) is 25.7 Å². The molecule has 2 rings (SSSR count). The molecule has 2 aliphatic rings. The number of carbonyl (C=O) groups excluding carboxylic acids is 1. The van der Waals surface area contributed by atoms with Gasteiger partial charge in [-0.05, 0) is 38.1 Å². The second-order valence-corrected chi connectivity index (χ2v) is 5.61. The highest BCUT2D eigenvalue weighted by atomic mass is 19.4. The van der Waals surface area contributed by atoms with E-state index in [1.54, 1.807) is 4.90 Å². The van der Waals surface area contributed by atoms with Gasteiger partial charge in [0.2, 0.25) is 5.91 Å². The number of alkyl halides is 3. The highest BCUT2D eigenvalue weighted by Crippen LogP contribution is 2.28. The fourth-order valence-corrected chi connectivity index (χ4v) is 2.33. The lowest BCUT2D eigenvalue weighted by atomic mass is 10.0. The predicted molar refractivity (Wildman–Crippen MR) is 67.2 cm³/mol. The summed E-state index contributed by atoms with van der Waals surface area (Å²) in [6.07, 6.45) is -0.0444. The van der Waals surface area contributed by atoms with E-state index in [4.69, 9.17) is 0 Å². The SMILES string of the molecule is O=C(COCC(F)(F)F)N1CCC(NCC2CC2)CC1. The summed E-state index contributed by atoms with van der Waals surface area (Å²) >= 11 is 0. The molecule has 0 radical (unpaired) electrons. The number of piperidine rings is 1. The largest absolute Gasteiger partial charge is 0.411 e. The second-order valence-electron chi connectivity index (χ2n) is 5.61. The van der Waals surface area contributed by atoms with Crippen molar-refractivity contribution in [1.29, 1.82) is 0 Å².